The van der Waals surface area contributed by atoms with E-state index in [-0.39, 0.29) is 30.0 Å². The number of nitrogens with one attached hydrogen (secondary N) is 2. The van der Waals surface area contributed by atoms with Crippen LogP contribution in [-0.4, -0.2) is 53.7 Å². The van der Waals surface area contributed by atoms with Gasteiger partial charge in [-0.3, -0.25) is 14.5 Å². The van der Waals surface area contributed by atoms with E-state index in [1.165, 1.54) is 13.2 Å². The first-order chi connectivity index (χ1) is 12.6. The Balaban J connectivity index is 1.96. The highest BCUT2D eigenvalue weighted by Gasteiger charge is 2.37. The maximum atomic E-state index is 13.0. The summed E-state index contributed by atoms with van der Waals surface area (Å²) in [4.78, 5) is 17.9. The number of halogens is 3. The lowest BCUT2D eigenvalue weighted by Gasteiger charge is -2.31. The molecule has 1 heterocycles. The van der Waals surface area contributed by atoms with Gasteiger partial charge in [0.2, 0.25) is 5.91 Å². The lowest BCUT2D eigenvalue weighted by Crippen LogP contribution is -2.46. The summed E-state index contributed by atoms with van der Waals surface area (Å²) in [6, 6.07) is 0.0508. The van der Waals surface area contributed by atoms with Crippen LogP contribution in [0.5, 0.6) is 0 Å². The van der Waals surface area contributed by atoms with Crippen molar-refractivity contribution in [1.29, 1.82) is 0 Å². The van der Waals surface area contributed by atoms with Gasteiger partial charge in [0.15, 0.2) is 11.7 Å². The van der Waals surface area contributed by atoms with Gasteiger partial charge in [-0.15, -0.1) is 0 Å². The lowest BCUT2D eigenvalue weighted by atomic mass is 9.85. The van der Waals surface area contributed by atoms with Crippen molar-refractivity contribution in [3.63, 3.8) is 0 Å². The maximum absolute atomic E-state index is 13.0. The largest absolute Gasteiger partial charge is 0.435 e. The zero-order valence-electron chi connectivity index (χ0n) is 16.1. The first-order valence-electron chi connectivity index (χ1n) is 8.90. The zero-order valence-corrected chi connectivity index (χ0v) is 16.1. The van der Waals surface area contributed by atoms with Gasteiger partial charge >= 0.3 is 6.18 Å². The Kier molecular flexibility index (Phi) is 6.72. The Bertz CT molecular complexity index is 683. The fraction of sp³-hybridized carbons (Fsp3) is 0.706. The van der Waals surface area contributed by atoms with E-state index in [4.69, 9.17) is 0 Å². The maximum Gasteiger partial charge on any atom is 0.435 e. The molecule has 2 atom stereocenters. The number of aromatic nitrogens is 2. The van der Waals surface area contributed by atoms with Gasteiger partial charge in [-0.25, -0.2) is 0 Å². The summed E-state index contributed by atoms with van der Waals surface area (Å²) in [5, 5.41) is 9.64. The molecule has 1 saturated carbocycles. The first-order valence-corrected chi connectivity index (χ1v) is 8.90. The molecule has 0 aliphatic heterocycles. The molecule has 0 saturated heterocycles. The molecule has 0 spiro atoms. The number of aryl methyl sites for hydroxylation is 1. The monoisotopic (exact) mass is 388 g/mol. The average molecular weight is 388 g/mol. The van der Waals surface area contributed by atoms with Crippen LogP contribution in [-0.2, 0) is 24.6 Å². The Hall–Kier alpha value is -2.26. The van der Waals surface area contributed by atoms with Gasteiger partial charge in [0, 0.05) is 58.5 Å². The average Bonchev–Trinajstić information content (AvgIpc) is 2.99. The highest BCUT2D eigenvalue weighted by atomic mass is 19.4. The summed E-state index contributed by atoms with van der Waals surface area (Å²) in [5.74, 6) is 0.476. The molecule has 10 heteroatoms. The second-order valence-electron chi connectivity index (χ2n) is 7.04. The SMILES string of the molecule is CN=C(NCc1cn(C)nc1C(F)(F)F)NC1CCCC(C(=O)N(C)C)C1. The summed E-state index contributed by atoms with van der Waals surface area (Å²) < 4.78 is 40.3. The van der Waals surface area contributed by atoms with Crippen molar-refractivity contribution in [1.82, 2.24) is 25.3 Å². The van der Waals surface area contributed by atoms with Gasteiger partial charge < -0.3 is 15.5 Å². The number of nitrogens with zero attached hydrogens (tertiary/aromatic N) is 4. The molecule has 27 heavy (non-hydrogen) atoms. The van der Waals surface area contributed by atoms with Gasteiger partial charge in [0.05, 0.1) is 0 Å². The minimum atomic E-state index is -4.50. The van der Waals surface area contributed by atoms with Crippen molar-refractivity contribution >= 4 is 11.9 Å². The molecule has 2 N–H and O–H groups in total. The van der Waals surface area contributed by atoms with Crippen LogP contribution in [0.4, 0.5) is 13.2 Å². The molecule has 2 unspecified atom stereocenters. The van der Waals surface area contributed by atoms with Crippen LogP contribution < -0.4 is 10.6 Å². The number of aliphatic imine (C=N–C) groups is 1. The van der Waals surface area contributed by atoms with Crippen LogP contribution in [0.1, 0.15) is 36.9 Å². The van der Waals surface area contributed by atoms with Crippen molar-refractivity contribution in [2.24, 2.45) is 18.0 Å². The summed E-state index contributed by atoms with van der Waals surface area (Å²) in [6.07, 6.45) is 0.177. The second kappa shape index (κ2) is 8.62. The highest BCUT2D eigenvalue weighted by Crippen LogP contribution is 2.30. The van der Waals surface area contributed by atoms with E-state index in [0.29, 0.717) is 12.4 Å². The minimum absolute atomic E-state index is 0.0421. The quantitative estimate of drug-likeness (QED) is 0.609. The standard InChI is InChI=1S/C17H27F3N6O/c1-21-16(22-9-12-10-26(4)24-14(12)17(18,19)20)23-13-7-5-6-11(8-13)15(27)25(2)3/h10-11,13H,5-9H2,1-4H3,(H2,21,22,23). The van der Waals surface area contributed by atoms with E-state index in [9.17, 15) is 18.0 Å². The second-order valence-corrected chi connectivity index (χ2v) is 7.04. The van der Waals surface area contributed by atoms with E-state index >= 15 is 0 Å². The minimum Gasteiger partial charge on any atom is -0.354 e. The molecule has 0 bridgehead atoms. The Morgan fingerprint density at radius 2 is 2.11 bits per heavy atom. The van der Waals surface area contributed by atoms with Gasteiger partial charge in [-0.2, -0.15) is 18.3 Å². The molecule has 1 aliphatic carbocycles. The molecule has 1 aromatic rings. The van der Waals surface area contributed by atoms with E-state index < -0.39 is 11.9 Å². The fourth-order valence-corrected chi connectivity index (χ4v) is 3.38. The van der Waals surface area contributed by atoms with E-state index in [1.807, 2.05) is 0 Å². The molecule has 1 aromatic heterocycles. The Morgan fingerprint density at radius 3 is 2.70 bits per heavy atom. The van der Waals surface area contributed by atoms with Crippen LogP contribution in [0.15, 0.2) is 11.2 Å². The molecule has 152 valence electrons. The number of amides is 1. The number of alkyl halides is 3. The molecule has 1 amide bonds. The lowest BCUT2D eigenvalue weighted by molar-refractivity contribution is -0.142. The molecule has 0 aromatic carbocycles. The molecular formula is C17H27F3N6O. The number of carbonyl (C=O) groups excluding carboxylic acids is 1. The van der Waals surface area contributed by atoms with Crippen molar-refractivity contribution < 1.29 is 18.0 Å². The fourth-order valence-electron chi connectivity index (χ4n) is 3.38. The van der Waals surface area contributed by atoms with E-state index in [1.54, 1.807) is 26.0 Å². The Morgan fingerprint density at radius 1 is 1.41 bits per heavy atom. The van der Waals surface area contributed by atoms with Crippen LogP contribution in [0, 0.1) is 5.92 Å². The molecule has 1 fully saturated rings. The predicted molar refractivity (Wildman–Crippen MR) is 96.0 cm³/mol. The van der Waals surface area contributed by atoms with E-state index in [0.717, 1.165) is 23.9 Å². The molecule has 2 rings (SSSR count). The van der Waals surface area contributed by atoms with E-state index in [2.05, 4.69) is 20.7 Å². The first kappa shape index (κ1) is 21.0. The van der Waals surface area contributed by atoms with Crippen LogP contribution >= 0.6 is 0 Å². The third-order valence-corrected chi connectivity index (χ3v) is 4.65. The van der Waals surface area contributed by atoms with Gasteiger partial charge in [-0.1, -0.05) is 6.42 Å². The number of guanidine groups is 1. The summed E-state index contributed by atoms with van der Waals surface area (Å²) in [6.45, 7) is -0.0465. The van der Waals surface area contributed by atoms with Gasteiger partial charge in [0.25, 0.3) is 0 Å². The smallest absolute Gasteiger partial charge is 0.354 e. The zero-order chi connectivity index (χ0) is 20.2. The number of rotatable bonds is 4. The highest BCUT2D eigenvalue weighted by molar-refractivity contribution is 5.81. The van der Waals surface area contributed by atoms with Crippen molar-refractivity contribution in [2.45, 2.75) is 44.4 Å². The summed E-state index contributed by atoms with van der Waals surface area (Å²) >= 11 is 0. The topological polar surface area (TPSA) is 74.5 Å². The van der Waals surface area contributed by atoms with Crippen molar-refractivity contribution in [3.8, 4) is 0 Å². The van der Waals surface area contributed by atoms with Gasteiger partial charge in [-0.05, 0) is 19.3 Å². The number of carbonyl (C=O) groups is 1. The van der Waals surface area contributed by atoms with Crippen LogP contribution in [0.3, 0.4) is 0 Å². The molecule has 1 aliphatic rings. The third-order valence-electron chi connectivity index (χ3n) is 4.65. The predicted octanol–water partition coefficient (Wildman–Crippen LogP) is 1.75. The molecule has 7 nitrogen and oxygen atoms in total. The molecular weight excluding hydrogens is 361 g/mol. The normalized spacial score (nSPS) is 21.1. The van der Waals surface area contributed by atoms with Crippen LogP contribution in [0.25, 0.3) is 0 Å². The third kappa shape index (κ3) is 5.61. The number of hydrogen-bond acceptors (Lipinski definition) is 3. The van der Waals surface area contributed by atoms with Gasteiger partial charge in [0.1, 0.15) is 0 Å². The van der Waals surface area contributed by atoms with Crippen molar-refractivity contribution in [3.05, 3.63) is 17.5 Å². The summed E-state index contributed by atoms with van der Waals surface area (Å²) in [5.41, 5.74) is -0.848. The number of hydrogen-bond donors (Lipinski definition) is 2. The van der Waals surface area contributed by atoms with Crippen LogP contribution in [0.2, 0.25) is 0 Å². The molecule has 0 radical (unpaired) electrons. The Labute approximate surface area is 157 Å². The summed E-state index contributed by atoms with van der Waals surface area (Å²) in [7, 11) is 6.50. The van der Waals surface area contributed by atoms with Crippen molar-refractivity contribution in [2.75, 3.05) is 21.1 Å².